The molecule has 0 spiro atoms. The summed E-state index contributed by atoms with van der Waals surface area (Å²) in [4.78, 5) is 15.7. The van der Waals surface area contributed by atoms with Crippen molar-refractivity contribution in [3.05, 3.63) is 211 Å². The Morgan fingerprint density at radius 1 is 0.441 bits per heavy atom. The lowest BCUT2D eigenvalue weighted by atomic mass is 9.97. The minimum atomic E-state index is -0.311. The van der Waals surface area contributed by atoms with E-state index in [4.69, 9.17) is 15.0 Å². The Hall–Kier alpha value is -7.47. The van der Waals surface area contributed by atoms with E-state index in [-0.39, 0.29) is 6.17 Å². The number of fused-ring (bicyclic) bond motifs is 9. The first kappa shape index (κ1) is 33.6. The van der Waals surface area contributed by atoms with Gasteiger partial charge in [0.2, 0.25) is 0 Å². The van der Waals surface area contributed by atoms with E-state index < -0.39 is 0 Å². The van der Waals surface area contributed by atoms with Crippen LogP contribution >= 0.6 is 11.3 Å². The molecule has 0 amide bonds. The van der Waals surface area contributed by atoms with Gasteiger partial charge in [-0.05, 0) is 74.6 Å². The lowest BCUT2D eigenvalue weighted by molar-refractivity contribution is 0.675. The Morgan fingerprint density at radius 2 is 1.12 bits per heavy atom. The summed E-state index contributed by atoms with van der Waals surface area (Å²) in [6.07, 6.45) is -0.311. The minimum Gasteiger partial charge on any atom is -0.344 e. The summed E-state index contributed by atoms with van der Waals surface area (Å²) in [5, 5.41) is 14.6. The average Bonchev–Trinajstić information content (AvgIpc) is 3.69. The van der Waals surface area contributed by atoms with Crippen LogP contribution in [0.1, 0.15) is 22.9 Å². The van der Waals surface area contributed by atoms with Crippen molar-refractivity contribution in [3.8, 4) is 22.4 Å². The molecule has 1 N–H and O–H groups in total. The Balaban J connectivity index is 0.982. The Bertz CT molecular complexity index is 3550. The fourth-order valence-electron chi connectivity index (χ4n) is 8.71. The number of nitrogens with one attached hydrogen (secondary N) is 1. The maximum Gasteiger partial charge on any atom is 0.159 e. The van der Waals surface area contributed by atoms with Crippen molar-refractivity contribution in [3.63, 3.8) is 0 Å². The number of aromatic nitrogens is 1. The van der Waals surface area contributed by atoms with E-state index in [1.165, 1.54) is 57.9 Å². The van der Waals surface area contributed by atoms with Gasteiger partial charge >= 0.3 is 0 Å². The first-order chi connectivity index (χ1) is 29.2. The fraction of sp³-hybridized carbons (Fsp3) is 0.0185. The van der Waals surface area contributed by atoms with Crippen LogP contribution in [0.4, 0.5) is 0 Å². The van der Waals surface area contributed by atoms with E-state index >= 15 is 0 Å². The van der Waals surface area contributed by atoms with Gasteiger partial charge in [-0.2, -0.15) is 0 Å². The van der Waals surface area contributed by atoms with Gasteiger partial charge in [0.05, 0.1) is 11.2 Å². The molecule has 1 aliphatic heterocycles. The van der Waals surface area contributed by atoms with Crippen molar-refractivity contribution < 1.29 is 0 Å². The number of rotatable bonds is 5. The van der Waals surface area contributed by atoms with Gasteiger partial charge in [-0.25, -0.2) is 15.0 Å². The molecule has 9 aromatic carbocycles. The van der Waals surface area contributed by atoms with Gasteiger partial charge in [-0.3, -0.25) is 0 Å². The normalized spacial score (nSPS) is 14.3. The molecule has 1 atom stereocenters. The zero-order valence-electron chi connectivity index (χ0n) is 31.8. The fourth-order valence-corrected chi connectivity index (χ4v) is 9.96. The predicted octanol–water partition coefficient (Wildman–Crippen LogP) is 13.9. The van der Waals surface area contributed by atoms with Crippen LogP contribution in [0.3, 0.4) is 0 Å². The molecule has 0 radical (unpaired) electrons. The van der Waals surface area contributed by atoms with E-state index in [1.807, 2.05) is 11.3 Å². The monoisotopic (exact) mass is 770 g/mol. The minimum absolute atomic E-state index is 0.311. The topological polar surface area (TPSA) is 49.6 Å². The second-order valence-corrected chi connectivity index (χ2v) is 16.3. The summed E-state index contributed by atoms with van der Waals surface area (Å²) in [5.74, 6) is 1.51. The summed E-state index contributed by atoms with van der Waals surface area (Å²) in [6, 6.07) is 69.2. The van der Waals surface area contributed by atoms with E-state index in [0.29, 0.717) is 5.84 Å². The van der Waals surface area contributed by atoms with Gasteiger partial charge in [-0.1, -0.05) is 158 Å². The highest BCUT2D eigenvalue weighted by molar-refractivity contribution is 7.26. The van der Waals surface area contributed by atoms with E-state index in [2.05, 4.69) is 199 Å². The number of hydrogen-bond acceptors (Lipinski definition) is 5. The molecule has 0 saturated heterocycles. The molecular formula is C54H34N4S. The third-order valence-corrected chi connectivity index (χ3v) is 12.9. The van der Waals surface area contributed by atoms with Gasteiger partial charge in [-0.15, -0.1) is 11.3 Å². The maximum absolute atomic E-state index is 5.28. The summed E-state index contributed by atoms with van der Waals surface area (Å²) in [6.45, 7) is 0. The standard InChI is InChI=1S/C54H34N4S/c1-2-13-35(14-3-1)50-45-27-26-43-46-32-39(25-28-48(46)59-51(43)49(45)44-19-8-9-20-47(44)55-50)38-17-10-18-40(31-38)52-56-53(41-23-21-33-11-4-6-15-36(33)29-41)58-54(57-52)42-24-22-34-12-5-7-16-37(34)30-42/h1-32,53H,(H,56,57,58). The third-order valence-electron chi connectivity index (χ3n) is 11.7. The molecule has 1 unspecified atom stereocenters. The number of hydrogen-bond donors (Lipinski definition) is 1. The first-order valence-electron chi connectivity index (χ1n) is 20.0. The molecule has 0 aliphatic carbocycles. The van der Waals surface area contributed by atoms with Crippen LogP contribution in [0.15, 0.2) is 204 Å². The van der Waals surface area contributed by atoms with Gasteiger partial charge in [0.1, 0.15) is 12.0 Å². The maximum atomic E-state index is 5.28. The molecule has 0 saturated carbocycles. The van der Waals surface area contributed by atoms with Crippen LogP contribution in [-0.2, 0) is 0 Å². The van der Waals surface area contributed by atoms with E-state index in [9.17, 15) is 0 Å². The van der Waals surface area contributed by atoms with Crippen molar-refractivity contribution in [2.45, 2.75) is 6.17 Å². The Kier molecular flexibility index (Phi) is 7.75. The number of benzene rings is 9. The molecule has 4 nitrogen and oxygen atoms in total. The van der Waals surface area contributed by atoms with Gasteiger partial charge in [0, 0.05) is 53.0 Å². The van der Waals surface area contributed by atoms with Crippen LogP contribution in [0.25, 0.3) is 85.8 Å². The largest absolute Gasteiger partial charge is 0.344 e. The van der Waals surface area contributed by atoms with E-state index in [0.717, 1.165) is 50.4 Å². The summed E-state index contributed by atoms with van der Waals surface area (Å²) in [5.41, 5.74) is 8.53. The third kappa shape index (κ3) is 5.78. The molecule has 0 bridgehead atoms. The van der Waals surface area contributed by atoms with Gasteiger partial charge in [0.25, 0.3) is 0 Å². The SMILES string of the molecule is c1ccc(-c2nc3ccccc3c3c2ccc2c4cc(-c5cccc(C6=NC(c7ccc8ccccc8c7)NC(c7ccc8ccccc8c7)=N6)c5)ccc4sc23)cc1. The zero-order chi connectivity index (χ0) is 38.9. The zero-order valence-corrected chi connectivity index (χ0v) is 32.6. The quantitative estimate of drug-likeness (QED) is 0.177. The lowest BCUT2D eigenvalue weighted by Gasteiger charge is -2.24. The molecule has 1 aliphatic rings. The average molecular weight is 771 g/mol. The molecule has 276 valence electrons. The van der Waals surface area contributed by atoms with Crippen LogP contribution in [0.5, 0.6) is 0 Å². The predicted molar refractivity (Wildman–Crippen MR) is 250 cm³/mol. The Labute approximate surface area is 344 Å². The van der Waals surface area contributed by atoms with Crippen LogP contribution in [0, 0.1) is 0 Å². The second kappa shape index (κ2) is 13.6. The van der Waals surface area contributed by atoms with Crippen molar-refractivity contribution in [2.24, 2.45) is 9.98 Å². The van der Waals surface area contributed by atoms with Crippen molar-refractivity contribution >= 4 is 86.4 Å². The molecule has 11 aromatic rings. The number of pyridine rings is 1. The summed E-state index contributed by atoms with van der Waals surface area (Å²) < 4.78 is 2.55. The molecule has 2 aromatic heterocycles. The van der Waals surface area contributed by atoms with Crippen LogP contribution in [0.2, 0.25) is 0 Å². The number of thiophene rings is 1. The van der Waals surface area contributed by atoms with Gasteiger partial charge in [0.15, 0.2) is 5.84 Å². The molecule has 12 rings (SSSR count). The molecule has 5 heteroatoms. The second-order valence-electron chi connectivity index (χ2n) is 15.2. The summed E-state index contributed by atoms with van der Waals surface area (Å²) >= 11 is 1.87. The van der Waals surface area contributed by atoms with Gasteiger partial charge < -0.3 is 5.32 Å². The van der Waals surface area contributed by atoms with Crippen LogP contribution in [-0.4, -0.2) is 16.7 Å². The highest BCUT2D eigenvalue weighted by Crippen LogP contribution is 2.44. The highest BCUT2D eigenvalue weighted by Gasteiger charge is 2.22. The van der Waals surface area contributed by atoms with Crippen molar-refractivity contribution in [2.75, 3.05) is 0 Å². The molecule has 0 fully saturated rings. The molecular weight excluding hydrogens is 737 g/mol. The highest BCUT2D eigenvalue weighted by atomic mass is 32.1. The molecule has 3 heterocycles. The molecule has 59 heavy (non-hydrogen) atoms. The van der Waals surface area contributed by atoms with Crippen LogP contribution < -0.4 is 5.32 Å². The lowest BCUT2D eigenvalue weighted by Crippen LogP contribution is -2.33. The number of amidine groups is 2. The first-order valence-corrected chi connectivity index (χ1v) is 20.8. The van der Waals surface area contributed by atoms with Crippen molar-refractivity contribution in [1.82, 2.24) is 10.3 Å². The van der Waals surface area contributed by atoms with Crippen molar-refractivity contribution in [1.29, 1.82) is 0 Å². The number of nitrogens with zero attached hydrogens (tertiary/aromatic N) is 3. The smallest absolute Gasteiger partial charge is 0.159 e. The Morgan fingerprint density at radius 3 is 1.98 bits per heavy atom. The van der Waals surface area contributed by atoms with E-state index in [1.54, 1.807) is 0 Å². The number of para-hydroxylation sites is 1. The number of aliphatic imine (C=N–C) groups is 2. The summed E-state index contributed by atoms with van der Waals surface area (Å²) in [7, 11) is 0.